The van der Waals surface area contributed by atoms with E-state index in [1.165, 1.54) is 5.56 Å². The SMILES string of the molecule is NC(=S)c1cnc(NCCc2cccnc2)cn1. The van der Waals surface area contributed by atoms with Gasteiger partial charge in [0, 0.05) is 18.9 Å². The quantitative estimate of drug-likeness (QED) is 0.785. The second kappa shape index (κ2) is 6.02. The van der Waals surface area contributed by atoms with Crippen molar-refractivity contribution in [2.45, 2.75) is 6.42 Å². The second-order valence-electron chi connectivity index (χ2n) is 3.69. The Bertz CT molecular complexity index is 512. The molecule has 0 aliphatic carbocycles. The van der Waals surface area contributed by atoms with Gasteiger partial charge in [0.2, 0.25) is 0 Å². The fourth-order valence-electron chi connectivity index (χ4n) is 1.43. The molecule has 2 rings (SSSR count). The highest BCUT2D eigenvalue weighted by Crippen LogP contribution is 2.02. The zero-order valence-electron chi connectivity index (χ0n) is 9.71. The summed E-state index contributed by atoms with van der Waals surface area (Å²) in [5.74, 6) is 0.707. The standard InChI is InChI=1S/C12H13N5S/c13-12(18)10-7-17-11(8-16-10)15-5-3-9-2-1-4-14-6-9/h1-2,4,6-8H,3,5H2,(H2,13,18)(H,15,17). The van der Waals surface area contributed by atoms with Crippen molar-refractivity contribution < 1.29 is 0 Å². The Labute approximate surface area is 110 Å². The third-order valence-corrected chi connectivity index (χ3v) is 2.56. The van der Waals surface area contributed by atoms with E-state index in [9.17, 15) is 0 Å². The van der Waals surface area contributed by atoms with E-state index >= 15 is 0 Å². The monoisotopic (exact) mass is 259 g/mol. The van der Waals surface area contributed by atoms with E-state index in [2.05, 4.69) is 20.3 Å². The maximum atomic E-state index is 5.44. The number of pyridine rings is 1. The first-order valence-corrected chi connectivity index (χ1v) is 5.91. The van der Waals surface area contributed by atoms with Gasteiger partial charge in [-0.1, -0.05) is 18.3 Å². The fourth-order valence-corrected chi connectivity index (χ4v) is 1.53. The summed E-state index contributed by atoms with van der Waals surface area (Å²) in [6.07, 6.45) is 7.68. The molecule has 92 valence electrons. The van der Waals surface area contributed by atoms with E-state index in [4.69, 9.17) is 18.0 Å². The van der Waals surface area contributed by atoms with Crippen LogP contribution in [0, 0.1) is 0 Å². The topological polar surface area (TPSA) is 76.7 Å². The van der Waals surface area contributed by atoms with Gasteiger partial charge in [-0.2, -0.15) is 0 Å². The molecule has 0 unspecified atom stereocenters. The van der Waals surface area contributed by atoms with Crippen molar-refractivity contribution in [2.24, 2.45) is 5.73 Å². The number of nitrogens with zero attached hydrogens (tertiary/aromatic N) is 3. The summed E-state index contributed by atoms with van der Waals surface area (Å²) in [5, 5.41) is 3.17. The highest BCUT2D eigenvalue weighted by Gasteiger charge is 1.99. The van der Waals surface area contributed by atoms with E-state index in [1.54, 1.807) is 18.6 Å². The third-order valence-electron chi connectivity index (χ3n) is 2.35. The van der Waals surface area contributed by atoms with E-state index < -0.39 is 0 Å². The molecule has 2 aromatic heterocycles. The first kappa shape index (κ1) is 12.4. The smallest absolute Gasteiger partial charge is 0.144 e. The first-order valence-electron chi connectivity index (χ1n) is 5.50. The van der Waals surface area contributed by atoms with Gasteiger partial charge in [0.25, 0.3) is 0 Å². The molecule has 3 N–H and O–H groups in total. The zero-order chi connectivity index (χ0) is 12.8. The predicted octanol–water partition coefficient (Wildman–Crippen LogP) is 1.16. The van der Waals surface area contributed by atoms with Gasteiger partial charge in [-0.25, -0.2) is 9.97 Å². The van der Waals surface area contributed by atoms with Gasteiger partial charge in [-0.15, -0.1) is 0 Å². The van der Waals surface area contributed by atoms with Crippen LogP contribution in [0.2, 0.25) is 0 Å². The van der Waals surface area contributed by atoms with Crippen LogP contribution in [0.15, 0.2) is 36.9 Å². The largest absolute Gasteiger partial charge is 0.388 e. The molecule has 0 radical (unpaired) electrons. The van der Waals surface area contributed by atoms with Crippen molar-refractivity contribution in [3.8, 4) is 0 Å². The molecule has 2 heterocycles. The minimum absolute atomic E-state index is 0.254. The summed E-state index contributed by atoms with van der Waals surface area (Å²) in [7, 11) is 0. The molecule has 6 heteroatoms. The number of nitrogens with one attached hydrogen (secondary N) is 1. The van der Waals surface area contributed by atoms with Gasteiger partial charge in [0.15, 0.2) is 0 Å². The first-order chi connectivity index (χ1) is 8.75. The summed E-state index contributed by atoms with van der Waals surface area (Å²) in [6, 6.07) is 3.96. The van der Waals surface area contributed by atoms with Crippen LogP contribution in [0.5, 0.6) is 0 Å². The van der Waals surface area contributed by atoms with E-state index in [0.29, 0.717) is 11.5 Å². The fraction of sp³-hybridized carbons (Fsp3) is 0.167. The van der Waals surface area contributed by atoms with Gasteiger partial charge < -0.3 is 11.1 Å². The highest BCUT2D eigenvalue weighted by atomic mass is 32.1. The van der Waals surface area contributed by atoms with Crippen molar-refractivity contribution in [3.63, 3.8) is 0 Å². The molecular formula is C12H13N5S. The average molecular weight is 259 g/mol. The van der Waals surface area contributed by atoms with E-state index in [-0.39, 0.29) is 4.99 Å². The zero-order valence-corrected chi connectivity index (χ0v) is 10.5. The molecule has 0 saturated heterocycles. The number of thiocarbonyl (C=S) groups is 1. The molecule has 0 amide bonds. The van der Waals surface area contributed by atoms with Crippen LogP contribution in [0.1, 0.15) is 11.3 Å². The summed E-state index contributed by atoms with van der Waals surface area (Å²) in [5.41, 5.74) is 7.15. The summed E-state index contributed by atoms with van der Waals surface area (Å²) >= 11 is 4.80. The Morgan fingerprint density at radius 3 is 2.78 bits per heavy atom. The number of hydrogen-bond acceptors (Lipinski definition) is 5. The molecule has 0 fully saturated rings. The van der Waals surface area contributed by atoms with Crippen molar-refractivity contribution in [2.75, 3.05) is 11.9 Å². The van der Waals surface area contributed by atoms with Crippen LogP contribution in [0.3, 0.4) is 0 Å². The van der Waals surface area contributed by atoms with Gasteiger partial charge in [-0.05, 0) is 18.1 Å². The maximum absolute atomic E-state index is 5.44. The summed E-state index contributed by atoms with van der Waals surface area (Å²) < 4.78 is 0. The third kappa shape index (κ3) is 3.46. The lowest BCUT2D eigenvalue weighted by Crippen LogP contribution is -2.13. The average Bonchev–Trinajstić information content (AvgIpc) is 2.40. The summed E-state index contributed by atoms with van der Waals surface area (Å²) in [4.78, 5) is 12.6. The Kier molecular flexibility index (Phi) is 4.14. The molecule has 0 aromatic carbocycles. The number of nitrogens with two attached hydrogens (primary N) is 1. The molecule has 0 aliphatic rings. The van der Waals surface area contributed by atoms with Gasteiger partial charge in [0.05, 0.1) is 12.4 Å². The van der Waals surface area contributed by atoms with Gasteiger partial charge >= 0.3 is 0 Å². The number of anilines is 1. The predicted molar refractivity (Wildman–Crippen MR) is 74.4 cm³/mol. The van der Waals surface area contributed by atoms with Gasteiger partial charge in [0.1, 0.15) is 16.5 Å². The lowest BCUT2D eigenvalue weighted by molar-refractivity contribution is 0.987. The minimum Gasteiger partial charge on any atom is -0.388 e. The van der Waals surface area contributed by atoms with Crippen LogP contribution < -0.4 is 11.1 Å². The van der Waals surface area contributed by atoms with E-state index in [0.717, 1.165) is 13.0 Å². The van der Waals surface area contributed by atoms with Crippen LogP contribution in [0.25, 0.3) is 0 Å². The molecule has 5 nitrogen and oxygen atoms in total. The maximum Gasteiger partial charge on any atom is 0.144 e. The molecule has 0 aliphatic heterocycles. The molecular weight excluding hydrogens is 246 g/mol. The number of rotatable bonds is 5. The number of aromatic nitrogens is 3. The van der Waals surface area contributed by atoms with Crippen molar-refractivity contribution in [1.29, 1.82) is 0 Å². The van der Waals surface area contributed by atoms with Crippen LogP contribution in [-0.2, 0) is 6.42 Å². The number of hydrogen-bond donors (Lipinski definition) is 2. The molecule has 18 heavy (non-hydrogen) atoms. The molecule has 0 spiro atoms. The lowest BCUT2D eigenvalue weighted by atomic mass is 10.2. The van der Waals surface area contributed by atoms with Crippen molar-refractivity contribution in [3.05, 3.63) is 48.2 Å². The minimum atomic E-state index is 0.254. The van der Waals surface area contributed by atoms with Crippen LogP contribution >= 0.6 is 12.2 Å². The Morgan fingerprint density at radius 2 is 2.17 bits per heavy atom. The molecule has 0 bridgehead atoms. The second-order valence-corrected chi connectivity index (χ2v) is 4.13. The van der Waals surface area contributed by atoms with Crippen LogP contribution in [0.4, 0.5) is 5.82 Å². The molecule has 2 aromatic rings. The van der Waals surface area contributed by atoms with Crippen LogP contribution in [-0.4, -0.2) is 26.5 Å². The van der Waals surface area contributed by atoms with Crippen molar-refractivity contribution in [1.82, 2.24) is 15.0 Å². The lowest BCUT2D eigenvalue weighted by Gasteiger charge is -2.05. The molecule has 0 atom stereocenters. The van der Waals surface area contributed by atoms with Crippen molar-refractivity contribution >= 4 is 23.0 Å². The molecule has 0 saturated carbocycles. The summed E-state index contributed by atoms with van der Waals surface area (Å²) in [6.45, 7) is 0.771. The highest BCUT2D eigenvalue weighted by molar-refractivity contribution is 7.80. The Morgan fingerprint density at radius 1 is 1.28 bits per heavy atom. The van der Waals surface area contributed by atoms with Gasteiger partial charge in [-0.3, -0.25) is 4.98 Å². The van der Waals surface area contributed by atoms with E-state index in [1.807, 2.05) is 18.3 Å². The Balaban J connectivity index is 1.85. The Hall–Kier alpha value is -2.08. The normalized spacial score (nSPS) is 10.0.